The fraction of sp³-hybridized carbons (Fsp3) is 0.286. The molecule has 0 radical (unpaired) electrons. The lowest BCUT2D eigenvalue weighted by atomic mass is 10.1. The number of rotatable bonds is 4. The first-order valence-corrected chi connectivity index (χ1v) is 8.40. The fourth-order valence-electron chi connectivity index (χ4n) is 2.21. The number of alkyl halides is 3. The predicted octanol–water partition coefficient (Wildman–Crippen LogP) is 2.31. The number of aromatic nitrogens is 1. The topological polar surface area (TPSA) is 91.7 Å². The number of aryl methyl sites for hydroxylation is 1. The predicted molar refractivity (Wildman–Crippen MR) is 80.7 cm³/mol. The lowest BCUT2D eigenvalue weighted by Gasteiger charge is -2.15. The molecule has 1 aromatic heterocycles. The van der Waals surface area contributed by atoms with Gasteiger partial charge in [0.1, 0.15) is 5.56 Å². The average Bonchev–Trinajstić information content (AvgIpc) is 2.57. The quantitative estimate of drug-likeness (QED) is 0.329. The molecule has 0 spiro atoms. The Bertz CT molecular complexity index is 1090. The zero-order valence-electron chi connectivity index (χ0n) is 13.6. The minimum atomic E-state index is -6.36. The second kappa shape index (κ2) is 6.79. The van der Waals surface area contributed by atoms with Crippen molar-refractivity contribution in [2.45, 2.75) is 19.0 Å². The fourth-order valence-corrected chi connectivity index (χ4v) is 2.67. The maximum Gasteiger partial charge on any atom is 0.534 e. The summed E-state index contributed by atoms with van der Waals surface area (Å²) in [7, 11) is -5.40. The van der Waals surface area contributed by atoms with Gasteiger partial charge in [0.05, 0.1) is 18.0 Å². The molecular weight excluding hydrogens is 405 g/mol. The first-order valence-electron chi connectivity index (χ1n) is 6.99. The Morgan fingerprint density at radius 2 is 1.85 bits per heavy atom. The number of ether oxygens (including phenoxy) is 1. The van der Waals surface area contributed by atoms with Gasteiger partial charge in [0.2, 0.25) is 11.2 Å². The molecule has 1 heterocycles. The van der Waals surface area contributed by atoms with E-state index in [1.807, 2.05) is 0 Å². The Morgan fingerprint density at radius 3 is 2.33 bits per heavy atom. The van der Waals surface area contributed by atoms with Gasteiger partial charge in [-0.1, -0.05) is 0 Å². The summed E-state index contributed by atoms with van der Waals surface area (Å²) in [5, 5.41) is -0.716. The van der Waals surface area contributed by atoms with Crippen LogP contribution in [0.15, 0.2) is 17.1 Å². The highest BCUT2D eigenvalue weighted by Crippen LogP contribution is 2.33. The summed E-state index contributed by atoms with van der Waals surface area (Å²) in [5.41, 5.74) is -8.42. The molecule has 148 valence electrons. The zero-order valence-corrected chi connectivity index (χ0v) is 14.4. The summed E-state index contributed by atoms with van der Waals surface area (Å²) in [5.74, 6) is -6.69. The van der Waals surface area contributed by atoms with Crippen LogP contribution >= 0.6 is 0 Å². The van der Waals surface area contributed by atoms with Gasteiger partial charge in [-0.25, -0.2) is 13.6 Å². The lowest BCUT2D eigenvalue weighted by Crippen LogP contribution is -2.29. The van der Waals surface area contributed by atoms with Gasteiger partial charge in [0.15, 0.2) is 11.6 Å². The van der Waals surface area contributed by atoms with E-state index in [4.69, 9.17) is 0 Å². The number of hydrogen-bond donors (Lipinski definition) is 0. The molecule has 7 nitrogen and oxygen atoms in total. The Hall–Kier alpha value is -2.70. The first-order chi connectivity index (χ1) is 12.4. The first kappa shape index (κ1) is 20.6. The van der Waals surface area contributed by atoms with Crippen molar-refractivity contribution in [3.63, 3.8) is 0 Å². The molecule has 2 rings (SSSR count). The molecule has 0 amide bonds. The van der Waals surface area contributed by atoms with Crippen molar-refractivity contribution in [2.24, 2.45) is 0 Å². The van der Waals surface area contributed by atoms with Crippen molar-refractivity contribution < 1.29 is 44.1 Å². The second-order valence-electron chi connectivity index (χ2n) is 5.03. The van der Waals surface area contributed by atoms with Crippen molar-refractivity contribution in [3.8, 4) is 5.75 Å². The number of methoxy groups -OCH3 is 1. The summed E-state index contributed by atoms with van der Waals surface area (Å²) in [6, 6.07) is 0.278. The molecule has 13 heteroatoms. The highest BCUT2D eigenvalue weighted by Gasteiger charge is 2.49. The molecule has 0 N–H and O–H groups in total. The molecule has 1 aromatic carbocycles. The number of hydrogen-bond acceptors (Lipinski definition) is 6. The molecule has 0 unspecified atom stereocenters. The third kappa shape index (κ3) is 3.46. The molecule has 0 fully saturated rings. The van der Waals surface area contributed by atoms with E-state index < -0.39 is 60.9 Å². The van der Waals surface area contributed by atoms with Crippen LogP contribution in [0.3, 0.4) is 0 Å². The van der Waals surface area contributed by atoms with Crippen LogP contribution in [0.25, 0.3) is 10.9 Å². The molecule has 0 aliphatic heterocycles. The van der Waals surface area contributed by atoms with Crippen molar-refractivity contribution in [3.05, 3.63) is 39.7 Å². The van der Waals surface area contributed by atoms with Crippen LogP contribution in [-0.4, -0.2) is 31.6 Å². The van der Waals surface area contributed by atoms with Crippen LogP contribution in [0.5, 0.6) is 5.75 Å². The van der Waals surface area contributed by atoms with E-state index in [2.05, 4.69) is 8.92 Å². The van der Waals surface area contributed by atoms with Crippen molar-refractivity contribution >= 4 is 27.0 Å². The van der Waals surface area contributed by atoms with Gasteiger partial charge >= 0.3 is 21.6 Å². The van der Waals surface area contributed by atoms with E-state index in [0.29, 0.717) is 0 Å². The maximum atomic E-state index is 14.6. The largest absolute Gasteiger partial charge is 0.534 e. The number of esters is 1. The van der Waals surface area contributed by atoms with Gasteiger partial charge in [-0.15, -0.1) is 0 Å². The number of halogens is 5. The Morgan fingerprint density at radius 1 is 1.26 bits per heavy atom. The summed E-state index contributed by atoms with van der Waals surface area (Å²) in [6.07, 6.45) is 0.847. The van der Waals surface area contributed by atoms with Crippen LogP contribution in [0, 0.1) is 11.6 Å². The summed E-state index contributed by atoms with van der Waals surface area (Å²) in [6.45, 7) is 1.30. The third-order valence-electron chi connectivity index (χ3n) is 3.43. The number of benzene rings is 1. The number of pyridine rings is 1. The monoisotopic (exact) mass is 415 g/mol. The molecule has 0 aliphatic rings. The molecule has 27 heavy (non-hydrogen) atoms. The van der Waals surface area contributed by atoms with E-state index in [-0.39, 0.29) is 12.6 Å². The van der Waals surface area contributed by atoms with Crippen LogP contribution in [0.1, 0.15) is 17.3 Å². The van der Waals surface area contributed by atoms with E-state index in [0.717, 1.165) is 17.9 Å². The third-order valence-corrected chi connectivity index (χ3v) is 4.39. The molecule has 0 saturated heterocycles. The molecule has 0 aliphatic carbocycles. The van der Waals surface area contributed by atoms with Gasteiger partial charge in [-0.2, -0.15) is 21.6 Å². The molecular formula is C14H10F5NO6S. The highest BCUT2D eigenvalue weighted by molar-refractivity contribution is 7.88. The van der Waals surface area contributed by atoms with Crippen LogP contribution < -0.4 is 9.61 Å². The molecule has 2 aromatic rings. The average molecular weight is 415 g/mol. The summed E-state index contributed by atoms with van der Waals surface area (Å²) < 4.78 is 96.9. The van der Waals surface area contributed by atoms with E-state index in [1.54, 1.807) is 0 Å². The number of carbonyl (C=O) groups excluding carboxylic acids is 1. The van der Waals surface area contributed by atoms with E-state index in [1.165, 1.54) is 6.92 Å². The lowest BCUT2D eigenvalue weighted by molar-refractivity contribution is -0.0501. The molecule has 0 bridgehead atoms. The van der Waals surface area contributed by atoms with Gasteiger partial charge < -0.3 is 13.5 Å². The standard InChI is InChI=1S/C14H10F5NO6S/c1-3-20-5-7(13(22)25-2)11(21)6-4-8(15)12(9(16)10(6)20)26-27(23,24)14(17,18)19/h4-5H,3H2,1-2H3. The van der Waals surface area contributed by atoms with Gasteiger partial charge in [-0.05, 0) is 13.0 Å². The smallest absolute Gasteiger partial charge is 0.465 e. The van der Waals surface area contributed by atoms with Crippen LogP contribution in [-0.2, 0) is 21.4 Å². The Balaban J connectivity index is 2.87. The summed E-state index contributed by atoms with van der Waals surface area (Å²) in [4.78, 5) is 23.9. The maximum absolute atomic E-state index is 14.6. The van der Waals surface area contributed by atoms with E-state index >= 15 is 0 Å². The SMILES string of the molecule is CCn1cc(C(=O)OC)c(=O)c2cc(F)c(OS(=O)(=O)C(F)(F)F)c(F)c21. The zero-order chi connectivity index (χ0) is 20.7. The Kier molecular flexibility index (Phi) is 5.19. The van der Waals surface area contributed by atoms with Crippen LogP contribution in [0.2, 0.25) is 0 Å². The van der Waals surface area contributed by atoms with Crippen molar-refractivity contribution in [1.82, 2.24) is 4.57 Å². The van der Waals surface area contributed by atoms with Crippen molar-refractivity contribution in [2.75, 3.05) is 7.11 Å². The number of carbonyl (C=O) groups is 1. The van der Waals surface area contributed by atoms with Gasteiger partial charge in [0.25, 0.3) is 0 Å². The number of nitrogens with zero attached hydrogens (tertiary/aromatic N) is 1. The van der Waals surface area contributed by atoms with Crippen molar-refractivity contribution in [1.29, 1.82) is 0 Å². The Labute approximate surface area is 148 Å². The highest BCUT2D eigenvalue weighted by atomic mass is 32.2. The normalized spacial score (nSPS) is 12.3. The summed E-state index contributed by atoms with van der Waals surface area (Å²) >= 11 is 0. The molecule has 0 atom stereocenters. The molecule has 0 saturated carbocycles. The van der Waals surface area contributed by atoms with Crippen LogP contribution in [0.4, 0.5) is 22.0 Å². The van der Waals surface area contributed by atoms with Gasteiger partial charge in [-0.3, -0.25) is 4.79 Å². The van der Waals surface area contributed by atoms with E-state index in [9.17, 15) is 40.0 Å². The second-order valence-corrected chi connectivity index (χ2v) is 6.57. The van der Waals surface area contributed by atoms with Gasteiger partial charge in [0, 0.05) is 12.7 Å². The minimum absolute atomic E-state index is 0.116. The minimum Gasteiger partial charge on any atom is -0.465 e. The number of fused-ring (bicyclic) bond motifs is 1.